The number of likely N-dealkylation sites (tertiary alicyclic amines) is 1. The van der Waals surface area contributed by atoms with Crippen LogP contribution in [-0.4, -0.2) is 102 Å². The quantitative estimate of drug-likeness (QED) is 0.0850. The van der Waals surface area contributed by atoms with E-state index in [2.05, 4.69) is 16.0 Å². The van der Waals surface area contributed by atoms with Gasteiger partial charge in [0.15, 0.2) is 0 Å². The van der Waals surface area contributed by atoms with Gasteiger partial charge in [0.1, 0.15) is 40.9 Å². The van der Waals surface area contributed by atoms with Crippen molar-refractivity contribution in [1.82, 2.24) is 25.8 Å². The predicted molar refractivity (Wildman–Crippen MR) is 223 cm³/mol. The van der Waals surface area contributed by atoms with Gasteiger partial charge < -0.3 is 35.3 Å². The summed E-state index contributed by atoms with van der Waals surface area (Å²) in [6, 6.07) is 14.5. The third kappa shape index (κ3) is 12.6. The van der Waals surface area contributed by atoms with E-state index in [-0.39, 0.29) is 19.5 Å². The summed E-state index contributed by atoms with van der Waals surface area (Å²) < 4.78 is 74.7. The Kier molecular flexibility index (Phi) is 15.1. The molecular weight excluding hydrogens is 815 g/mol. The number of aromatic nitrogens is 1. The molecule has 4 unspecified atom stereocenters. The average molecular weight is 868 g/mol. The maximum atomic E-state index is 14.6. The number of amides is 3. The summed E-state index contributed by atoms with van der Waals surface area (Å²) in [5.41, 5.74) is -0.475. The number of carboxylic acid groups (broad SMARTS) is 1. The van der Waals surface area contributed by atoms with E-state index in [0.717, 1.165) is 5.56 Å². The lowest BCUT2D eigenvalue weighted by atomic mass is 9.86. The highest BCUT2D eigenvalue weighted by Gasteiger charge is 2.42. The van der Waals surface area contributed by atoms with Gasteiger partial charge in [0.05, 0.1) is 29.9 Å². The second-order valence-corrected chi connectivity index (χ2v) is 17.2. The van der Waals surface area contributed by atoms with Crippen LogP contribution in [0.1, 0.15) is 70.3 Å². The fraction of sp³-hybridized carbons (Fsp3) is 0.444. The number of nitrogens with one attached hydrogen (secondary N) is 3. The van der Waals surface area contributed by atoms with Crippen LogP contribution in [0.5, 0.6) is 11.5 Å². The minimum Gasteiger partial charge on any atom is -0.497 e. The number of rotatable bonds is 16. The highest BCUT2D eigenvalue weighted by Crippen LogP contribution is 2.35. The summed E-state index contributed by atoms with van der Waals surface area (Å²) in [5, 5.41) is 17.5. The first-order chi connectivity index (χ1) is 29.1. The largest absolute Gasteiger partial charge is 0.497 e. The Hall–Kier alpha value is -5.97. The van der Waals surface area contributed by atoms with Crippen LogP contribution in [-0.2, 0) is 20.7 Å². The third-order valence-corrected chi connectivity index (χ3v) is 10.3. The number of alkyl halides is 2. The Morgan fingerprint density at radius 1 is 0.935 bits per heavy atom. The number of aromatic carboxylic acids is 1. The van der Waals surface area contributed by atoms with Crippen LogP contribution in [0.25, 0.3) is 22.2 Å². The predicted octanol–water partition coefficient (Wildman–Crippen LogP) is 7.15. The van der Waals surface area contributed by atoms with Crippen molar-refractivity contribution in [3.8, 4) is 22.8 Å². The number of alkyl carbamates (subject to hydrolysis) is 1. The molecule has 0 saturated carbocycles. The summed E-state index contributed by atoms with van der Waals surface area (Å²) in [5.74, 6) is -4.60. The maximum Gasteiger partial charge on any atom is 0.407 e. The van der Waals surface area contributed by atoms with Gasteiger partial charge in [-0.15, -0.1) is 0 Å². The summed E-state index contributed by atoms with van der Waals surface area (Å²) >= 11 is 0. The average Bonchev–Trinajstić information content (AvgIpc) is 3.58. The zero-order valence-electron chi connectivity index (χ0n) is 35.7. The summed E-state index contributed by atoms with van der Waals surface area (Å²) in [7, 11) is 1.54. The lowest BCUT2D eigenvalue weighted by molar-refractivity contribution is -0.132. The van der Waals surface area contributed by atoms with Crippen LogP contribution in [0.2, 0.25) is 0 Å². The molecule has 1 aromatic heterocycles. The SMILES string of the molecule is COc1ccc2c(OC3CC(C(=O)NC(CC(F)F)C(=O)NCCc4c(F)cc(C(=O)O)cc4F)N(CC(NC(=O)OC(C)(C)C)C(C)(C)C)C3)cc(-c3ccccc3)nc2c1. The number of fused-ring (bicyclic) bond motifs is 1. The number of methoxy groups -OCH3 is 1. The van der Waals surface area contributed by atoms with Gasteiger partial charge in [-0.05, 0) is 56.9 Å². The van der Waals surface area contributed by atoms with E-state index in [4.69, 9.17) is 24.3 Å². The molecule has 17 heteroatoms. The van der Waals surface area contributed by atoms with Crippen LogP contribution in [0, 0.1) is 17.0 Å². The van der Waals surface area contributed by atoms with Crippen molar-refractivity contribution in [2.75, 3.05) is 26.7 Å². The Labute approximate surface area is 357 Å². The van der Waals surface area contributed by atoms with E-state index in [1.165, 1.54) is 0 Å². The molecular formula is C45H53F4N5O8. The lowest BCUT2D eigenvalue weighted by Crippen LogP contribution is -2.56. The van der Waals surface area contributed by atoms with Gasteiger partial charge in [0, 0.05) is 67.2 Å². The number of benzene rings is 3. The maximum absolute atomic E-state index is 14.6. The van der Waals surface area contributed by atoms with E-state index in [1.807, 2.05) is 57.2 Å². The number of ether oxygens (including phenoxy) is 3. The highest BCUT2D eigenvalue weighted by molar-refractivity contribution is 5.91. The third-order valence-electron chi connectivity index (χ3n) is 10.3. The van der Waals surface area contributed by atoms with Crippen LogP contribution < -0.4 is 25.4 Å². The van der Waals surface area contributed by atoms with Gasteiger partial charge in [0.2, 0.25) is 18.2 Å². The number of carbonyl (C=O) groups is 4. The molecule has 0 aliphatic carbocycles. The Morgan fingerprint density at radius 3 is 2.21 bits per heavy atom. The van der Waals surface area contributed by atoms with Crippen molar-refractivity contribution in [3.05, 3.63) is 89.5 Å². The molecule has 3 amide bonds. The molecule has 4 atom stereocenters. The molecule has 4 aromatic rings. The normalized spacial score (nSPS) is 16.7. The second-order valence-electron chi connectivity index (χ2n) is 17.2. The van der Waals surface area contributed by atoms with Crippen molar-refractivity contribution < 1.29 is 56.1 Å². The zero-order valence-corrected chi connectivity index (χ0v) is 35.7. The molecule has 334 valence electrons. The minimum atomic E-state index is -3.03. The summed E-state index contributed by atoms with van der Waals surface area (Å²) in [6.07, 6.45) is -5.83. The molecule has 0 radical (unpaired) electrons. The van der Waals surface area contributed by atoms with E-state index in [0.29, 0.717) is 40.2 Å². The number of pyridine rings is 1. The lowest BCUT2D eigenvalue weighted by Gasteiger charge is -2.36. The van der Waals surface area contributed by atoms with Gasteiger partial charge in [-0.1, -0.05) is 51.1 Å². The molecule has 3 aromatic carbocycles. The molecule has 4 N–H and O–H groups in total. The summed E-state index contributed by atoms with van der Waals surface area (Å²) in [6.45, 7) is 10.7. The minimum absolute atomic E-state index is 0.0453. The van der Waals surface area contributed by atoms with Crippen molar-refractivity contribution in [3.63, 3.8) is 0 Å². The molecule has 1 aliphatic heterocycles. The van der Waals surface area contributed by atoms with Gasteiger partial charge in [-0.3, -0.25) is 14.5 Å². The van der Waals surface area contributed by atoms with E-state index in [1.54, 1.807) is 51.0 Å². The molecule has 1 saturated heterocycles. The van der Waals surface area contributed by atoms with Crippen molar-refractivity contribution in [1.29, 1.82) is 0 Å². The van der Waals surface area contributed by atoms with E-state index >= 15 is 0 Å². The molecule has 2 heterocycles. The highest BCUT2D eigenvalue weighted by atomic mass is 19.3. The van der Waals surface area contributed by atoms with Crippen LogP contribution in [0.4, 0.5) is 22.4 Å². The Balaban J connectivity index is 1.42. The number of carbonyl (C=O) groups excluding carboxylic acids is 3. The topological polar surface area (TPSA) is 168 Å². The van der Waals surface area contributed by atoms with Crippen molar-refractivity contribution in [2.45, 2.75) is 97.1 Å². The fourth-order valence-corrected chi connectivity index (χ4v) is 7.06. The second kappa shape index (κ2) is 19.8. The Morgan fingerprint density at radius 2 is 1.61 bits per heavy atom. The number of hydrogen-bond donors (Lipinski definition) is 4. The first-order valence-corrected chi connectivity index (χ1v) is 20.1. The zero-order chi connectivity index (χ0) is 45.5. The standard InChI is InChI=1S/C45H53F4N5O8/c1-44(2,3)38(53-43(59)62-45(4,5)6)24-54-23-28(61-37-21-33(25-11-9-8-10-12-25)51-34-19-27(60-7)13-14-30(34)37)20-36(54)41(56)52-35(22-39(48)49)40(55)50-16-15-29-31(46)17-26(42(57)58)18-32(29)47/h8-14,17-19,21,28,35-36,38-39H,15-16,20,22-24H2,1-7H3,(H,50,55)(H,52,56)(H,53,59)(H,57,58). The fourth-order valence-electron chi connectivity index (χ4n) is 7.06. The van der Waals surface area contributed by atoms with Crippen LogP contribution in [0.3, 0.4) is 0 Å². The number of carboxylic acids is 1. The molecule has 62 heavy (non-hydrogen) atoms. The van der Waals surface area contributed by atoms with Gasteiger partial charge in [-0.2, -0.15) is 0 Å². The van der Waals surface area contributed by atoms with Crippen LogP contribution in [0.15, 0.2) is 66.7 Å². The molecule has 1 fully saturated rings. The molecule has 13 nitrogen and oxygen atoms in total. The smallest absolute Gasteiger partial charge is 0.407 e. The Bertz CT molecular complexity index is 2230. The monoisotopic (exact) mass is 867 g/mol. The number of hydrogen-bond acceptors (Lipinski definition) is 9. The first-order valence-electron chi connectivity index (χ1n) is 20.1. The van der Waals surface area contributed by atoms with Crippen LogP contribution >= 0.6 is 0 Å². The van der Waals surface area contributed by atoms with Crippen molar-refractivity contribution >= 4 is 34.8 Å². The van der Waals surface area contributed by atoms with Gasteiger partial charge >= 0.3 is 12.1 Å². The molecule has 1 aliphatic rings. The molecule has 5 rings (SSSR count). The summed E-state index contributed by atoms with van der Waals surface area (Å²) in [4.78, 5) is 58.5. The first kappa shape index (κ1) is 47.1. The van der Waals surface area contributed by atoms with Gasteiger partial charge in [-0.25, -0.2) is 32.1 Å². The molecule has 0 bridgehead atoms. The molecule has 0 spiro atoms. The number of nitrogens with zero attached hydrogens (tertiary/aromatic N) is 2. The number of halogens is 4. The van der Waals surface area contributed by atoms with Crippen molar-refractivity contribution in [2.24, 2.45) is 5.41 Å². The van der Waals surface area contributed by atoms with E-state index in [9.17, 15) is 36.7 Å². The van der Waals surface area contributed by atoms with E-state index < -0.39 is 108 Å². The van der Waals surface area contributed by atoms with Gasteiger partial charge in [0.25, 0.3) is 0 Å².